The Labute approximate surface area is 502 Å². The molecule has 0 radical (unpaired) electrons. The van der Waals surface area contributed by atoms with Gasteiger partial charge in [-0.25, -0.2) is 0 Å². The van der Waals surface area contributed by atoms with Gasteiger partial charge in [-0.05, 0) is 122 Å². The SMILES string of the molecule is CC/C=C\C/C=C\C/C=C\C/C=C\CCCCCCCCC(=O)OC(COC(=O)CCCCCCC/C=C\CCCCCCCC)COC(=O)CCCCCCCCCCCCCCCC/C=C\C/C=C\C/C=C\CCCCCCC. The zero-order valence-corrected chi connectivity index (χ0v) is 53.5. The van der Waals surface area contributed by atoms with Crippen LogP contribution in [0.2, 0.25) is 0 Å². The van der Waals surface area contributed by atoms with Crippen LogP contribution in [0.4, 0.5) is 0 Å². The summed E-state index contributed by atoms with van der Waals surface area (Å²) in [7, 11) is 0. The lowest BCUT2D eigenvalue weighted by molar-refractivity contribution is -0.167. The molecule has 0 fully saturated rings. The van der Waals surface area contributed by atoms with E-state index < -0.39 is 6.10 Å². The fraction of sp³-hybridized carbons (Fsp3) is 0.747. The highest BCUT2D eigenvalue weighted by Gasteiger charge is 2.19. The summed E-state index contributed by atoms with van der Waals surface area (Å²) >= 11 is 0. The Morgan fingerprint density at radius 2 is 0.481 bits per heavy atom. The molecular weight excluding hydrogens is 997 g/mol. The maximum absolute atomic E-state index is 12.9. The topological polar surface area (TPSA) is 78.9 Å². The number of rotatable bonds is 63. The molecule has 0 rings (SSSR count). The predicted molar refractivity (Wildman–Crippen MR) is 353 cm³/mol. The minimum Gasteiger partial charge on any atom is -0.462 e. The van der Waals surface area contributed by atoms with E-state index in [1.165, 1.54) is 186 Å². The first-order valence-corrected chi connectivity index (χ1v) is 34.7. The molecule has 0 spiro atoms. The summed E-state index contributed by atoms with van der Waals surface area (Å²) in [5.74, 6) is -0.895. The molecule has 1 unspecified atom stereocenters. The fourth-order valence-electron chi connectivity index (χ4n) is 9.85. The second-order valence-corrected chi connectivity index (χ2v) is 23.1. The zero-order valence-electron chi connectivity index (χ0n) is 53.5. The molecule has 0 aromatic carbocycles. The van der Waals surface area contributed by atoms with Gasteiger partial charge in [0.15, 0.2) is 6.10 Å². The molecule has 0 bridgehead atoms. The van der Waals surface area contributed by atoms with Gasteiger partial charge in [-0.3, -0.25) is 14.4 Å². The number of unbranched alkanes of at least 4 members (excludes halogenated alkanes) is 36. The van der Waals surface area contributed by atoms with Crippen molar-refractivity contribution in [3.05, 3.63) is 97.2 Å². The van der Waals surface area contributed by atoms with Crippen molar-refractivity contribution in [3.8, 4) is 0 Å². The molecule has 0 aliphatic rings. The first-order valence-electron chi connectivity index (χ1n) is 34.7. The molecule has 0 N–H and O–H groups in total. The van der Waals surface area contributed by atoms with Crippen molar-refractivity contribution >= 4 is 17.9 Å². The zero-order chi connectivity index (χ0) is 58.5. The summed E-state index contributed by atoms with van der Waals surface area (Å²) in [5.41, 5.74) is 0. The van der Waals surface area contributed by atoms with E-state index in [1.807, 2.05) is 0 Å². The second kappa shape index (κ2) is 68.8. The van der Waals surface area contributed by atoms with Gasteiger partial charge in [0.05, 0.1) is 0 Å². The van der Waals surface area contributed by atoms with Gasteiger partial charge in [0.25, 0.3) is 0 Å². The van der Waals surface area contributed by atoms with Crippen molar-refractivity contribution in [3.63, 3.8) is 0 Å². The molecule has 0 aromatic heterocycles. The van der Waals surface area contributed by atoms with Crippen LogP contribution >= 0.6 is 0 Å². The maximum Gasteiger partial charge on any atom is 0.306 e. The smallest absolute Gasteiger partial charge is 0.306 e. The fourth-order valence-corrected chi connectivity index (χ4v) is 9.85. The molecule has 6 nitrogen and oxygen atoms in total. The van der Waals surface area contributed by atoms with Crippen LogP contribution in [0, 0.1) is 0 Å². The number of esters is 3. The van der Waals surface area contributed by atoms with Crippen molar-refractivity contribution in [2.45, 2.75) is 348 Å². The van der Waals surface area contributed by atoms with Crippen LogP contribution in [0.3, 0.4) is 0 Å². The standard InChI is InChI=1S/C75H130O6/c1-4-7-10-13-16-19-22-25-28-30-32-33-34-35-36-37-38-39-40-41-43-44-47-50-53-56-59-62-65-68-74(77)80-71-72(70-79-73(76)67-64-61-58-55-52-49-46-27-24-21-18-15-12-9-6-3)81-75(78)69-66-63-60-57-54-51-48-45-42-31-29-26-23-20-17-14-11-8-5-2/h8,11,17,20,22,25-27,29-30,32,34-35,42,45-46,72H,4-7,9-10,12-16,18-19,21,23-24,28,31,33,36-41,43-44,47-71H2,1-3H3/b11-8-,20-17-,25-22-,29-26-,32-30-,35-34-,45-42-,46-27-. The van der Waals surface area contributed by atoms with Gasteiger partial charge in [-0.15, -0.1) is 0 Å². The Morgan fingerprint density at radius 1 is 0.259 bits per heavy atom. The van der Waals surface area contributed by atoms with Gasteiger partial charge < -0.3 is 14.2 Å². The Balaban J connectivity index is 4.30. The Kier molecular flexibility index (Phi) is 65.7. The lowest BCUT2D eigenvalue weighted by Gasteiger charge is -2.18. The van der Waals surface area contributed by atoms with Gasteiger partial charge in [-0.1, -0.05) is 298 Å². The molecule has 0 aliphatic carbocycles. The number of hydrogen-bond acceptors (Lipinski definition) is 6. The molecule has 0 aliphatic heterocycles. The predicted octanol–water partition coefficient (Wildman–Crippen LogP) is 24.0. The number of carbonyl (C=O) groups is 3. The Morgan fingerprint density at radius 3 is 0.765 bits per heavy atom. The Bertz CT molecular complexity index is 1580. The highest BCUT2D eigenvalue weighted by Crippen LogP contribution is 2.17. The molecular formula is C75H130O6. The van der Waals surface area contributed by atoms with Crippen molar-refractivity contribution < 1.29 is 28.6 Å². The summed E-state index contributed by atoms with van der Waals surface area (Å²) in [6.07, 6.45) is 92.8. The number of ether oxygens (including phenoxy) is 3. The van der Waals surface area contributed by atoms with Crippen molar-refractivity contribution in [2.75, 3.05) is 13.2 Å². The third-order valence-electron chi connectivity index (χ3n) is 15.0. The second-order valence-electron chi connectivity index (χ2n) is 23.1. The minimum atomic E-state index is -0.791. The van der Waals surface area contributed by atoms with Crippen LogP contribution in [0.25, 0.3) is 0 Å². The van der Waals surface area contributed by atoms with Crippen molar-refractivity contribution in [1.82, 2.24) is 0 Å². The van der Waals surface area contributed by atoms with E-state index in [2.05, 4.69) is 118 Å². The average molecular weight is 1130 g/mol. The summed E-state index contributed by atoms with van der Waals surface area (Å²) in [4.78, 5) is 38.4. The molecule has 0 aromatic rings. The molecule has 0 heterocycles. The highest BCUT2D eigenvalue weighted by molar-refractivity contribution is 5.71. The number of hydrogen-bond donors (Lipinski definition) is 0. The minimum absolute atomic E-state index is 0.0849. The van der Waals surface area contributed by atoms with Crippen molar-refractivity contribution in [1.29, 1.82) is 0 Å². The number of allylic oxidation sites excluding steroid dienone is 16. The Hall–Kier alpha value is -3.67. The van der Waals surface area contributed by atoms with E-state index in [4.69, 9.17) is 14.2 Å². The van der Waals surface area contributed by atoms with Crippen LogP contribution < -0.4 is 0 Å². The van der Waals surface area contributed by atoms with Gasteiger partial charge in [0.2, 0.25) is 0 Å². The maximum atomic E-state index is 12.9. The molecule has 1 atom stereocenters. The third-order valence-corrected chi connectivity index (χ3v) is 15.0. The lowest BCUT2D eigenvalue weighted by atomic mass is 10.0. The van der Waals surface area contributed by atoms with Crippen LogP contribution in [0.1, 0.15) is 342 Å². The molecule has 0 saturated heterocycles. The van der Waals surface area contributed by atoms with Crippen LogP contribution in [0.5, 0.6) is 0 Å². The van der Waals surface area contributed by atoms with E-state index >= 15 is 0 Å². The number of carbonyl (C=O) groups excluding carboxylic acids is 3. The van der Waals surface area contributed by atoms with E-state index in [9.17, 15) is 14.4 Å². The quantitative estimate of drug-likeness (QED) is 0.0261. The van der Waals surface area contributed by atoms with E-state index in [-0.39, 0.29) is 31.1 Å². The molecule has 6 heteroatoms. The average Bonchev–Trinajstić information content (AvgIpc) is 3.47. The van der Waals surface area contributed by atoms with Gasteiger partial charge in [0.1, 0.15) is 13.2 Å². The van der Waals surface area contributed by atoms with Gasteiger partial charge in [-0.2, -0.15) is 0 Å². The van der Waals surface area contributed by atoms with E-state index in [1.54, 1.807) is 0 Å². The van der Waals surface area contributed by atoms with Crippen LogP contribution in [-0.2, 0) is 28.6 Å². The first kappa shape index (κ1) is 77.3. The van der Waals surface area contributed by atoms with Gasteiger partial charge in [0, 0.05) is 19.3 Å². The van der Waals surface area contributed by atoms with E-state index in [0.29, 0.717) is 19.3 Å². The highest BCUT2D eigenvalue weighted by atomic mass is 16.6. The summed E-state index contributed by atoms with van der Waals surface area (Å²) in [5, 5.41) is 0. The molecule has 0 amide bonds. The third kappa shape index (κ3) is 67.0. The lowest BCUT2D eigenvalue weighted by Crippen LogP contribution is -2.30. The monoisotopic (exact) mass is 1130 g/mol. The summed E-state index contributed by atoms with van der Waals surface area (Å²) in [6, 6.07) is 0. The molecule has 81 heavy (non-hydrogen) atoms. The molecule has 466 valence electrons. The van der Waals surface area contributed by atoms with Gasteiger partial charge >= 0.3 is 17.9 Å². The first-order chi connectivity index (χ1) is 40.0. The largest absolute Gasteiger partial charge is 0.462 e. The summed E-state index contributed by atoms with van der Waals surface area (Å²) < 4.78 is 17.0. The normalized spacial score (nSPS) is 12.7. The molecule has 0 saturated carbocycles. The summed E-state index contributed by atoms with van der Waals surface area (Å²) in [6.45, 7) is 6.53. The van der Waals surface area contributed by atoms with Crippen molar-refractivity contribution in [2.24, 2.45) is 0 Å². The van der Waals surface area contributed by atoms with Crippen LogP contribution in [-0.4, -0.2) is 37.2 Å². The van der Waals surface area contributed by atoms with Crippen LogP contribution in [0.15, 0.2) is 97.2 Å². The van der Waals surface area contributed by atoms with E-state index in [0.717, 1.165) is 116 Å².